The monoisotopic (exact) mass is 330 g/mol. The van der Waals surface area contributed by atoms with Crippen LogP contribution in [-0.4, -0.2) is 32.8 Å². The van der Waals surface area contributed by atoms with Crippen molar-refractivity contribution in [1.29, 1.82) is 0 Å². The van der Waals surface area contributed by atoms with Gasteiger partial charge in [-0.2, -0.15) is 18.3 Å². The number of thiazole rings is 1. The van der Waals surface area contributed by atoms with Crippen molar-refractivity contribution in [3.8, 4) is 0 Å². The largest absolute Gasteiger partial charge is 0.435 e. The summed E-state index contributed by atoms with van der Waals surface area (Å²) in [5.41, 5.74) is 0.208. The van der Waals surface area contributed by atoms with Gasteiger partial charge in [0.15, 0.2) is 5.69 Å². The van der Waals surface area contributed by atoms with Gasteiger partial charge in [-0.25, -0.2) is 4.98 Å². The summed E-state index contributed by atoms with van der Waals surface area (Å²) in [4.78, 5) is 6.68. The van der Waals surface area contributed by atoms with E-state index < -0.39 is 11.9 Å². The minimum Gasteiger partial charge on any atom is -0.295 e. The van der Waals surface area contributed by atoms with Crippen molar-refractivity contribution in [2.45, 2.75) is 38.5 Å². The van der Waals surface area contributed by atoms with Crippen LogP contribution in [0.3, 0.4) is 0 Å². The van der Waals surface area contributed by atoms with Gasteiger partial charge in [-0.1, -0.05) is 0 Å². The second kappa shape index (κ2) is 6.00. The molecule has 0 radical (unpaired) electrons. The highest BCUT2D eigenvalue weighted by Gasteiger charge is 2.34. The fourth-order valence-corrected chi connectivity index (χ4v) is 3.40. The van der Waals surface area contributed by atoms with Gasteiger partial charge in [-0.05, 0) is 32.4 Å². The van der Waals surface area contributed by atoms with E-state index in [0.717, 1.165) is 42.7 Å². The molecule has 1 saturated heterocycles. The van der Waals surface area contributed by atoms with Crippen LogP contribution in [0.2, 0.25) is 0 Å². The summed E-state index contributed by atoms with van der Waals surface area (Å²) >= 11 is 1.62. The molecule has 2 aromatic heterocycles. The second-order valence-electron chi connectivity index (χ2n) is 5.57. The second-order valence-corrected chi connectivity index (χ2v) is 6.63. The first kappa shape index (κ1) is 15.5. The Morgan fingerprint density at radius 2 is 2.23 bits per heavy atom. The number of aryl methyl sites for hydroxylation is 1. The lowest BCUT2D eigenvalue weighted by Crippen LogP contribution is -2.36. The number of aromatic nitrogens is 3. The SMILES string of the molecule is Cc1nc(CN2CCC[C@H](n3ccc(C(F)(F)F)n3)C2)cs1. The van der Waals surface area contributed by atoms with Crippen LogP contribution in [0.4, 0.5) is 13.2 Å². The van der Waals surface area contributed by atoms with Crippen molar-refractivity contribution in [2.75, 3.05) is 13.1 Å². The molecular weight excluding hydrogens is 313 g/mol. The van der Waals surface area contributed by atoms with Crippen molar-refractivity contribution in [2.24, 2.45) is 0 Å². The Morgan fingerprint density at radius 1 is 1.41 bits per heavy atom. The van der Waals surface area contributed by atoms with Crippen LogP contribution in [-0.2, 0) is 12.7 Å². The maximum absolute atomic E-state index is 12.6. The molecule has 1 aliphatic rings. The Kier molecular flexibility index (Phi) is 4.22. The Balaban J connectivity index is 1.66. The smallest absolute Gasteiger partial charge is 0.295 e. The van der Waals surface area contributed by atoms with E-state index in [-0.39, 0.29) is 6.04 Å². The van der Waals surface area contributed by atoms with Crippen molar-refractivity contribution in [3.05, 3.63) is 34.0 Å². The first-order valence-electron chi connectivity index (χ1n) is 7.17. The van der Waals surface area contributed by atoms with Gasteiger partial charge in [0, 0.05) is 24.7 Å². The standard InChI is InChI=1S/C14H17F3N4S/c1-10-18-11(9-22-10)7-20-5-2-3-12(8-20)21-6-4-13(19-21)14(15,16)17/h4,6,9,12H,2-3,5,7-8H2,1H3/t12-/m0/s1. The van der Waals surface area contributed by atoms with E-state index in [4.69, 9.17) is 0 Å². The maximum Gasteiger partial charge on any atom is 0.435 e. The number of rotatable bonds is 3. The summed E-state index contributed by atoms with van der Waals surface area (Å²) in [5.74, 6) is 0. The van der Waals surface area contributed by atoms with Crippen LogP contribution in [0.5, 0.6) is 0 Å². The third-order valence-corrected chi connectivity index (χ3v) is 4.63. The molecule has 0 aromatic carbocycles. The van der Waals surface area contributed by atoms with Gasteiger partial charge in [-0.3, -0.25) is 9.58 Å². The van der Waals surface area contributed by atoms with E-state index in [1.807, 2.05) is 12.3 Å². The lowest BCUT2D eigenvalue weighted by Gasteiger charge is -2.32. The van der Waals surface area contributed by atoms with Gasteiger partial charge in [0.05, 0.1) is 16.7 Å². The molecule has 0 aliphatic carbocycles. The highest BCUT2D eigenvalue weighted by molar-refractivity contribution is 7.09. The zero-order chi connectivity index (χ0) is 15.7. The fraction of sp³-hybridized carbons (Fsp3) is 0.571. The lowest BCUT2D eigenvalue weighted by atomic mass is 10.1. The first-order valence-corrected chi connectivity index (χ1v) is 8.05. The predicted octanol–water partition coefficient (Wildman–Crippen LogP) is 3.50. The minimum absolute atomic E-state index is 0.00965. The number of nitrogens with zero attached hydrogens (tertiary/aromatic N) is 4. The summed E-state index contributed by atoms with van der Waals surface area (Å²) in [7, 11) is 0. The number of halogens is 3. The molecule has 0 spiro atoms. The van der Waals surface area contributed by atoms with Crippen LogP contribution in [0, 0.1) is 6.92 Å². The van der Waals surface area contributed by atoms with E-state index in [9.17, 15) is 13.2 Å². The third kappa shape index (κ3) is 3.49. The topological polar surface area (TPSA) is 34.0 Å². The van der Waals surface area contributed by atoms with E-state index in [2.05, 4.69) is 15.0 Å². The van der Waals surface area contributed by atoms with E-state index in [1.54, 1.807) is 11.3 Å². The molecule has 22 heavy (non-hydrogen) atoms. The van der Waals surface area contributed by atoms with E-state index in [1.165, 1.54) is 10.9 Å². The molecule has 3 rings (SSSR count). The molecule has 0 unspecified atom stereocenters. The maximum atomic E-state index is 12.6. The van der Waals surface area contributed by atoms with Gasteiger partial charge in [0.2, 0.25) is 0 Å². The molecule has 4 nitrogen and oxygen atoms in total. The molecule has 0 amide bonds. The van der Waals surface area contributed by atoms with Gasteiger partial charge >= 0.3 is 6.18 Å². The Bertz CT molecular complexity index is 634. The molecule has 1 atom stereocenters. The summed E-state index contributed by atoms with van der Waals surface area (Å²) in [6.07, 6.45) is -1.14. The van der Waals surface area contributed by atoms with Gasteiger partial charge in [0.25, 0.3) is 0 Å². The normalized spacial score (nSPS) is 20.5. The Morgan fingerprint density at radius 3 is 2.86 bits per heavy atom. The average Bonchev–Trinajstić information content (AvgIpc) is 3.08. The van der Waals surface area contributed by atoms with Gasteiger partial charge in [0.1, 0.15) is 0 Å². The minimum atomic E-state index is -4.38. The first-order chi connectivity index (χ1) is 10.4. The molecule has 1 aliphatic heterocycles. The number of piperidine rings is 1. The Labute approximate surface area is 130 Å². The van der Waals surface area contributed by atoms with Gasteiger partial charge in [-0.15, -0.1) is 11.3 Å². The number of alkyl halides is 3. The molecule has 3 heterocycles. The van der Waals surface area contributed by atoms with Crippen LogP contribution in [0.25, 0.3) is 0 Å². The van der Waals surface area contributed by atoms with Crippen molar-refractivity contribution < 1.29 is 13.2 Å². The summed E-state index contributed by atoms with van der Waals surface area (Å²) in [6.45, 7) is 4.36. The quantitative estimate of drug-likeness (QED) is 0.864. The molecule has 8 heteroatoms. The van der Waals surface area contributed by atoms with Crippen molar-refractivity contribution >= 4 is 11.3 Å². The molecule has 2 aromatic rings. The van der Waals surface area contributed by atoms with E-state index >= 15 is 0 Å². The summed E-state index contributed by atoms with van der Waals surface area (Å²) in [6, 6.07) is 1.03. The van der Waals surface area contributed by atoms with Crippen molar-refractivity contribution in [3.63, 3.8) is 0 Å². The van der Waals surface area contributed by atoms with Crippen LogP contribution in [0.1, 0.15) is 35.3 Å². The zero-order valence-corrected chi connectivity index (χ0v) is 13.0. The van der Waals surface area contributed by atoms with Crippen LogP contribution >= 0.6 is 11.3 Å². The van der Waals surface area contributed by atoms with Crippen LogP contribution < -0.4 is 0 Å². The highest BCUT2D eigenvalue weighted by Crippen LogP contribution is 2.29. The predicted molar refractivity (Wildman–Crippen MR) is 77.6 cm³/mol. The van der Waals surface area contributed by atoms with Crippen molar-refractivity contribution in [1.82, 2.24) is 19.7 Å². The fourth-order valence-electron chi connectivity index (χ4n) is 2.79. The van der Waals surface area contributed by atoms with Crippen LogP contribution in [0.15, 0.2) is 17.6 Å². The molecule has 120 valence electrons. The highest BCUT2D eigenvalue weighted by atomic mass is 32.1. The molecule has 1 fully saturated rings. The third-order valence-electron chi connectivity index (χ3n) is 3.81. The molecule has 0 saturated carbocycles. The van der Waals surface area contributed by atoms with Gasteiger partial charge < -0.3 is 0 Å². The summed E-state index contributed by atoms with van der Waals surface area (Å²) < 4.78 is 39.4. The molecule has 0 N–H and O–H groups in total. The zero-order valence-electron chi connectivity index (χ0n) is 12.2. The number of hydrogen-bond donors (Lipinski definition) is 0. The molecular formula is C14H17F3N4S. The summed E-state index contributed by atoms with van der Waals surface area (Å²) in [5, 5.41) is 6.77. The number of likely N-dealkylation sites (tertiary alicyclic amines) is 1. The molecule has 0 bridgehead atoms. The number of hydrogen-bond acceptors (Lipinski definition) is 4. The average molecular weight is 330 g/mol. The van der Waals surface area contributed by atoms with E-state index in [0.29, 0.717) is 6.54 Å². The Hall–Kier alpha value is -1.41. The lowest BCUT2D eigenvalue weighted by molar-refractivity contribution is -0.141.